The van der Waals surface area contributed by atoms with Crippen LogP contribution in [0.25, 0.3) is 0 Å². The van der Waals surface area contributed by atoms with Crippen LogP contribution in [0, 0.1) is 18.8 Å². The van der Waals surface area contributed by atoms with E-state index in [4.69, 9.17) is 5.26 Å². The van der Waals surface area contributed by atoms with Gasteiger partial charge in [0, 0.05) is 50.5 Å². The van der Waals surface area contributed by atoms with Crippen molar-refractivity contribution in [1.82, 2.24) is 0 Å². The maximum atomic E-state index is 8.23. The first-order chi connectivity index (χ1) is 24.7. The van der Waals surface area contributed by atoms with Gasteiger partial charge in [0.25, 0.3) is 0 Å². The molecular weight excluding hydrogens is 717 g/mol. The molecule has 0 aliphatic rings. The van der Waals surface area contributed by atoms with Crippen LogP contribution in [0.1, 0.15) is 278 Å². The van der Waals surface area contributed by atoms with Gasteiger partial charge >= 0.3 is 0 Å². The van der Waals surface area contributed by atoms with E-state index in [2.05, 4.69) is 39.0 Å². The molecular formula is C47H97O2SY-. The quantitative estimate of drug-likeness (QED) is 0.0219. The minimum Gasteiger partial charge on any atom is -0.343 e. The van der Waals surface area contributed by atoms with Crippen molar-refractivity contribution in [3.63, 3.8) is 0 Å². The van der Waals surface area contributed by atoms with Crippen LogP contribution in [0.3, 0.4) is 0 Å². The SMILES string of the molecule is CCCCCCC(CCCCC)CCCCCCCCCCCSOO.[CH2-]CCCCCCCCCCCC(CCCCC)CCCCCC.[Y]. The average molecular weight is 815 g/mol. The van der Waals surface area contributed by atoms with Crippen LogP contribution in [-0.4, -0.2) is 11.0 Å². The Kier molecular flexibility index (Phi) is 59.5. The molecule has 2 atom stereocenters. The minimum absolute atomic E-state index is 0. The van der Waals surface area contributed by atoms with Crippen LogP contribution >= 0.6 is 12.0 Å². The van der Waals surface area contributed by atoms with E-state index in [0.29, 0.717) is 0 Å². The predicted molar refractivity (Wildman–Crippen MR) is 231 cm³/mol. The molecule has 0 saturated carbocycles. The van der Waals surface area contributed by atoms with Gasteiger partial charge in [-0.3, -0.25) is 0 Å². The van der Waals surface area contributed by atoms with E-state index in [1.165, 1.54) is 238 Å². The Morgan fingerprint density at radius 1 is 0.373 bits per heavy atom. The van der Waals surface area contributed by atoms with Crippen LogP contribution < -0.4 is 0 Å². The van der Waals surface area contributed by atoms with Gasteiger partial charge in [-0.15, -0.1) is 0 Å². The molecule has 0 rings (SSSR count). The van der Waals surface area contributed by atoms with Gasteiger partial charge in [0.15, 0.2) is 0 Å². The van der Waals surface area contributed by atoms with Crippen molar-refractivity contribution in [3.8, 4) is 0 Å². The molecule has 0 heterocycles. The fraction of sp³-hybridized carbons (Fsp3) is 0.979. The van der Waals surface area contributed by atoms with Gasteiger partial charge in [0.2, 0.25) is 0 Å². The number of unbranched alkanes of at least 4 members (excludes halogenated alkanes) is 27. The molecule has 0 amide bonds. The molecule has 0 aromatic rings. The summed E-state index contributed by atoms with van der Waals surface area (Å²) < 4.78 is 4.02. The molecule has 2 nitrogen and oxygen atoms in total. The van der Waals surface area contributed by atoms with Crippen molar-refractivity contribution in [1.29, 1.82) is 0 Å². The van der Waals surface area contributed by atoms with E-state index in [1.807, 2.05) is 0 Å². The monoisotopic (exact) mass is 815 g/mol. The summed E-state index contributed by atoms with van der Waals surface area (Å²) in [5.74, 6) is 2.96. The molecule has 0 fully saturated rings. The Balaban J connectivity index is -0.000000889. The molecule has 0 saturated heterocycles. The average Bonchev–Trinajstić information content (AvgIpc) is 3.13. The van der Waals surface area contributed by atoms with E-state index in [0.717, 1.165) is 42.5 Å². The summed E-state index contributed by atoms with van der Waals surface area (Å²) in [6.45, 7) is 13.2. The van der Waals surface area contributed by atoms with Crippen molar-refractivity contribution in [2.45, 2.75) is 278 Å². The van der Waals surface area contributed by atoms with Gasteiger partial charge < -0.3 is 6.92 Å². The first-order valence-corrected chi connectivity index (χ1v) is 24.3. The molecule has 0 aliphatic heterocycles. The molecule has 1 N–H and O–H groups in total. The fourth-order valence-electron chi connectivity index (χ4n) is 7.67. The molecule has 0 spiro atoms. The van der Waals surface area contributed by atoms with Crippen molar-refractivity contribution in [3.05, 3.63) is 6.92 Å². The maximum absolute atomic E-state index is 8.23. The first-order valence-electron chi connectivity index (χ1n) is 23.4. The third kappa shape index (κ3) is 51.4. The second-order valence-electron chi connectivity index (χ2n) is 16.1. The summed E-state index contributed by atoms with van der Waals surface area (Å²) in [7, 11) is 0. The van der Waals surface area contributed by atoms with Crippen LogP contribution in [0.5, 0.6) is 0 Å². The topological polar surface area (TPSA) is 29.5 Å². The number of hydrogen-bond donors (Lipinski definition) is 1. The second kappa shape index (κ2) is 53.5. The predicted octanol–water partition coefficient (Wildman–Crippen LogP) is 18.5. The summed E-state index contributed by atoms with van der Waals surface area (Å²) in [6.07, 6.45) is 55.4. The largest absolute Gasteiger partial charge is 0.343 e. The maximum Gasteiger partial charge on any atom is 0.0311 e. The van der Waals surface area contributed by atoms with Crippen molar-refractivity contribution >= 4 is 12.0 Å². The van der Waals surface area contributed by atoms with Gasteiger partial charge in [-0.1, -0.05) is 265 Å². The molecule has 307 valence electrons. The van der Waals surface area contributed by atoms with E-state index in [9.17, 15) is 0 Å². The van der Waals surface area contributed by atoms with Gasteiger partial charge in [0.1, 0.15) is 0 Å². The summed E-state index contributed by atoms with van der Waals surface area (Å²) in [4.78, 5) is 0. The van der Waals surface area contributed by atoms with Gasteiger partial charge in [0.05, 0.1) is 0 Å². The van der Waals surface area contributed by atoms with Crippen LogP contribution in [0.2, 0.25) is 0 Å². The van der Waals surface area contributed by atoms with Gasteiger partial charge in [-0.2, -0.15) is 10.8 Å². The third-order valence-electron chi connectivity index (χ3n) is 11.1. The summed E-state index contributed by atoms with van der Waals surface area (Å²) in [6, 6.07) is 0. The van der Waals surface area contributed by atoms with Crippen molar-refractivity contribution in [2.75, 3.05) is 5.75 Å². The minimum atomic E-state index is 0. The Hall–Kier alpha value is 1.37. The Bertz CT molecular complexity index is 562. The third-order valence-corrected chi connectivity index (χ3v) is 11.7. The van der Waals surface area contributed by atoms with E-state index in [1.54, 1.807) is 0 Å². The molecule has 0 aromatic carbocycles. The summed E-state index contributed by atoms with van der Waals surface area (Å²) in [5.41, 5.74) is 0. The Labute approximate surface area is 354 Å². The molecule has 1 radical (unpaired) electrons. The standard InChI is InChI=1S/C24H49.C23H48O2S.Y/c1-4-7-10-12-13-14-15-16-17-20-23-24(21-18-9-6-3)22-19-11-8-5-2;1-3-5-7-16-20-23(19-15-6-4-2)21-17-13-11-9-8-10-12-14-18-22-26-25-24;/h24H,1,4-23H2,2-3H3;23-24H,3-22H2,1-2H3;/q-1;;. The van der Waals surface area contributed by atoms with E-state index >= 15 is 0 Å². The normalized spacial score (nSPS) is 12.4. The molecule has 2 unspecified atom stereocenters. The number of rotatable bonds is 42. The molecule has 51 heavy (non-hydrogen) atoms. The van der Waals surface area contributed by atoms with Crippen molar-refractivity contribution < 1.29 is 42.3 Å². The van der Waals surface area contributed by atoms with Gasteiger partial charge in [-0.25, -0.2) is 5.26 Å². The van der Waals surface area contributed by atoms with Crippen LogP contribution in [-0.2, 0) is 37.0 Å². The Morgan fingerprint density at radius 2 is 0.608 bits per heavy atom. The Morgan fingerprint density at radius 3 is 0.902 bits per heavy atom. The smallest absolute Gasteiger partial charge is 0.0311 e. The number of hydrogen-bond acceptors (Lipinski definition) is 3. The van der Waals surface area contributed by atoms with E-state index in [-0.39, 0.29) is 32.7 Å². The zero-order valence-electron chi connectivity index (χ0n) is 36.0. The molecule has 0 aromatic heterocycles. The molecule has 0 bridgehead atoms. The zero-order valence-corrected chi connectivity index (χ0v) is 39.6. The first kappa shape index (κ1) is 56.7. The second-order valence-corrected chi connectivity index (χ2v) is 16.9. The van der Waals surface area contributed by atoms with Crippen LogP contribution in [0.4, 0.5) is 0 Å². The van der Waals surface area contributed by atoms with Crippen molar-refractivity contribution in [2.24, 2.45) is 11.8 Å². The van der Waals surface area contributed by atoms with Gasteiger partial charge in [-0.05, 0) is 18.3 Å². The van der Waals surface area contributed by atoms with Crippen LogP contribution in [0.15, 0.2) is 0 Å². The molecule has 0 aliphatic carbocycles. The zero-order chi connectivity index (χ0) is 36.9. The molecule has 4 heteroatoms. The summed E-state index contributed by atoms with van der Waals surface area (Å²) in [5, 5.41) is 8.23. The summed E-state index contributed by atoms with van der Waals surface area (Å²) >= 11 is 1.16. The van der Waals surface area contributed by atoms with E-state index < -0.39 is 0 Å². The fourth-order valence-corrected chi connectivity index (χ4v) is 8.06.